The number of halogens is 2. The molecule has 1 fully saturated rings. The summed E-state index contributed by atoms with van der Waals surface area (Å²) in [7, 11) is 0. The van der Waals surface area contributed by atoms with Crippen LogP contribution in [0.25, 0.3) is 0 Å². The van der Waals surface area contributed by atoms with Crippen molar-refractivity contribution in [2.45, 2.75) is 45.1 Å². The molecule has 20 heavy (non-hydrogen) atoms. The Bertz CT molecular complexity index is 425. The molecule has 0 spiro atoms. The second kappa shape index (κ2) is 7.58. The lowest BCUT2D eigenvalue weighted by Gasteiger charge is -2.21. The smallest absolute Gasteiger partial charge is 0.165 e. The van der Waals surface area contributed by atoms with E-state index in [1.165, 1.54) is 19.3 Å². The SMILES string of the molecule is CCCNC1CCCC1CCOc1cc(F)ccc1F. The van der Waals surface area contributed by atoms with E-state index >= 15 is 0 Å². The van der Waals surface area contributed by atoms with Gasteiger partial charge < -0.3 is 10.1 Å². The molecule has 1 aliphatic carbocycles. The van der Waals surface area contributed by atoms with Gasteiger partial charge in [0.05, 0.1) is 6.61 Å². The van der Waals surface area contributed by atoms with Gasteiger partial charge in [-0.2, -0.15) is 0 Å². The molecule has 2 rings (SSSR count). The predicted molar refractivity (Wildman–Crippen MR) is 75.9 cm³/mol. The minimum absolute atomic E-state index is 0.0149. The fraction of sp³-hybridized carbons (Fsp3) is 0.625. The first-order valence-corrected chi connectivity index (χ1v) is 7.52. The predicted octanol–water partition coefficient (Wildman–Crippen LogP) is 3.90. The molecule has 1 saturated carbocycles. The highest BCUT2D eigenvalue weighted by Crippen LogP contribution is 2.29. The topological polar surface area (TPSA) is 21.3 Å². The van der Waals surface area contributed by atoms with Gasteiger partial charge in [-0.1, -0.05) is 13.3 Å². The van der Waals surface area contributed by atoms with Crippen molar-refractivity contribution < 1.29 is 13.5 Å². The van der Waals surface area contributed by atoms with Crippen LogP contribution in [-0.2, 0) is 0 Å². The Hall–Kier alpha value is -1.16. The Morgan fingerprint density at radius 3 is 2.95 bits per heavy atom. The van der Waals surface area contributed by atoms with E-state index in [0.717, 1.165) is 37.6 Å². The van der Waals surface area contributed by atoms with Crippen LogP contribution in [0.15, 0.2) is 18.2 Å². The molecule has 112 valence electrons. The van der Waals surface area contributed by atoms with Crippen molar-refractivity contribution in [3.8, 4) is 5.75 Å². The van der Waals surface area contributed by atoms with Crippen LogP contribution in [0.2, 0.25) is 0 Å². The Labute approximate surface area is 119 Å². The number of ether oxygens (including phenoxy) is 1. The Kier molecular flexibility index (Phi) is 5.77. The van der Waals surface area contributed by atoms with Crippen LogP contribution >= 0.6 is 0 Å². The summed E-state index contributed by atoms with van der Waals surface area (Å²) in [4.78, 5) is 0. The molecule has 0 bridgehead atoms. The van der Waals surface area contributed by atoms with Crippen LogP contribution in [-0.4, -0.2) is 19.2 Å². The van der Waals surface area contributed by atoms with E-state index in [9.17, 15) is 8.78 Å². The van der Waals surface area contributed by atoms with Gasteiger partial charge in [0.1, 0.15) is 5.82 Å². The fourth-order valence-corrected chi connectivity index (χ4v) is 2.89. The summed E-state index contributed by atoms with van der Waals surface area (Å²) >= 11 is 0. The first kappa shape index (κ1) is 15.2. The molecule has 0 heterocycles. The van der Waals surface area contributed by atoms with Crippen molar-refractivity contribution in [1.82, 2.24) is 5.32 Å². The summed E-state index contributed by atoms with van der Waals surface area (Å²) in [5.41, 5.74) is 0. The molecule has 1 N–H and O–H groups in total. The van der Waals surface area contributed by atoms with Crippen LogP contribution in [0.5, 0.6) is 5.75 Å². The van der Waals surface area contributed by atoms with E-state index in [0.29, 0.717) is 18.6 Å². The molecular formula is C16H23F2NO. The molecule has 1 aromatic carbocycles. The minimum atomic E-state index is -0.501. The molecule has 1 aromatic rings. The zero-order valence-corrected chi connectivity index (χ0v) is 12.0. The third-order valence-corrected chi connectivity index (χ3v) is 3.96. The third-order valence-electron chi connectivity index (χ3n) is 3.96. The second-order valence-corrected chi connectivity index (χ2v) is 5.46. The van der Waals surface area contributed by atoms with Crippen molar-refractivity contribution >= 4 is 0 Å². The van der Waals surface area contributed by atoms with E-state index < -0.39 is 11.6 Å². The quantitative estimate of drug-likeness (QED) is 0.819. The van der Waals surface area contributed by atoms with E-state index in [1.54, 1.807) is 0 Å². The summed E-state index contributed by atoms with van der Waals surface area (Å²) in [6.07, 6.45) is 5.65. The van der Waals surface area contributed by atoms with Crippen LogP contribution in [0, 0.1) is 17.6 Å². The summed E-state index contributed by atoms with van der Waals surface area (Å²) in [5, 5.41) is 3.56. The van der Waals surface area contributed by atoms with Crippen molar-refractivity contribution in [3.05, 3.63) is 29.8 Å². The molecule has 4 heteroatoms. The highest BCUT2D eigenvalue weighted by atomic mass is 19.1. The van der Waals surface area contributed by atoms with Gasteiger partial charge in [0.25, 0.3) is 0 Å². The summed E-state index contributed by atoms with van der Waals surface area (Å²) in [6, 6.07) is 3.86. The number of rotatable bonds is 7. The third kappa shape index (κ3) is 4.17. The van der Waals surface area contributed by atoms with Gasteiger partial charge in [0.2, 0.25) is 0 Å². The molecule has 1 aliphatic rings. The zero-order chi connectivity index (χ0) is 14.4. The average molecular weight is 283 g/mol. The van der Waals surface area contributed by atoms with Crippen molar-refractivity contribution in [2.24, 2.45) is 5.92 Å². The van der Waals surface area contributed by atoms with Crippen LogP contribution in [0.1, 0.15) is 39.0 Å². The fourth-order valence-electron chi connectivity index (χ4n) is 2.89. The first-order chi connectivity index (χ1) is 9.70. The van der Waals surface area contributed by atoms with E-state index in [-0.39, 0.29) is 5.75 Å². The Balaban J connectivity index is 1.78. The summed E-state index contributed by atoms with van der Waals surface area (Å²) in [6.45, 7) is 3.64. The zero-order valence-electron chi connectivity index (χ0n) is 12.0. The van der Waals surface area contributed by atoms with Crippen molar-refractivity contribution in [1.29, 1.82) is 0 Å². The second-order valence-electron chi connectivity index (χ2n) is 5.46. The van der Waals surface area contributed by atoms with Crippen molar-refractivity contribution in [3.63, 3.8) is 0 Å². The van der Waals surface area contributed by atoms with Crippen molar-refractivity contribution in [2.75, 3.05) is 13.2 Å². The van der Waals surface area contributed by atoms with Gasteiger partial charge in [-0.15, -0.1) is 0 Å². The number of benzene rings is 1. The molecule has 2 atom stereocenters. The largest absolute Gasteiger partial charge is 0.490 e. The highest BCUT2D eigenvalue weighted by Gasteiger charge is 2.26. The lowest BCUT2D eigenvalue weighted by Crippen LogP contribution is -2.33. The molecule has 0 radical (unpaired) electrons. The van der Waals surface area contributed by atoms with Gasteiger partial charge in [0.15, 0.2) is 11.6 Å². The Morgan fingerprint density at radius 2 is 2.15 bits per heavy atom. The summed E-state index contributed by atoms with van der Waals surface area (Å²) < 4.78 is 31.8. The highest BCUT2D eigenvalue weighted by molar-refractivity contribution is 5.24. The monoisotopic (exact) mass is 283 g/mol. The molecule has 0 aliphatic heterocycles. The molecule has 2 unspecified atom stereocenters. The van der Waals surface area contributed by atoms with Gasteiger partial charge in [-0.25, -0.2) is 8.78 Å². The van der Waals surface area contributed by atoms with Gasteiger partial charge in [-0.05, 0) is 50.3 Å². The summed E-state index contributed by atoms with van der Waals surface area (Å²) in [5.74, 6) is -0.373. The number of hydrogen-bond acceptors (Lipinski definition) is 2. The van der Waals surface area contributed by atoms with Gasteiger partial charge >= 0.3 is 0 Å². The molecular weight excluding hydrogens is 260 g/mol. The van der Waals surface area contributed by atoms with Crippen LogP contribution < -0.4 is 10.1 Å². The van der Waals surface area contributed by atoms with Crippen LogP contribution in [0.4, 0.5) is 8.78 Å². The first-order valence-electron chi connectivity index (χ1n) is 7.52. The molecule has 0 amide bonds. The van der Waals surface area contributed by atoms with E-state index in [1.807, 2.05) is 0 Å². The van der Waals surface area contributed by atoms with E-state index in [4.69, 9.17) is 4.74 Å². The Morgan fingerprint density at radius 1 is 1.30 bits per heavy atom. The maximum Gasteiger partial charge on any atom is 0.165 e. The number of nitrogens with one attached hydrogen (secondary N) is 1. The maximum atomic E-state index is 13.4. The minimum Gasteiger partial charge on any atom is -0.490 e. The lowest BCUT2D eigenvalue weighted by atomic mass is 10.00. The van der Waals surface area contributed by atoms with E-state index in [2.05, 4.69) is 12.2 Å². The maximum absolute atomic E-state index is 13.4. The molecule has 0 aromatic heterocycles. The number of hydrogen-bond donors (Lipinski definition) is 1. The standard InChI is InChI=1S/C16H23F2NO/c1-2-9-19-15-5-3-4-12(15)8-10-20-16-11-13(17)6-7-14(16)18/h6-7,11-12,15,19H,2-5,8-10H2,1H3. The molecule has 0 saturated heterocycles. The van der Waals surface area contributed by atoms with Gasteiger partial charge in [-0.3, -0.25) is 0 Å². The van der Waals surface area contributed by atoms with Gasteiger partial charge in [0, 0.05) is 12.1 Å². The lowest BCUT2D eigenvalue weighted by molar-refractivity contribution is 0.250. The normalized spacial score (nSPS) is 22.1. The average Bonchev–Trinajstić information content (AvgIpc) is 2.88. The van der Waals surface area contributed by atoms with Crippen LogP contribution in [0.3, 0.4) is 0 Å². The molecule has 2 nitrogen and oxygen atoms in total.